The summed E-state index contributed by atoms with van der Waals surface area (Å²) < 4.78 is 0. The number of benzene rings is 1. The van der Waals surface area contributed by atoms with Crippen molar-refractivity contribution in [2.45, 2.75) is 0 Å². The van der Waals surface area contributed by atoms with Gasteiger partial charge >= 0.3 is 0 Å². The van der Waals surface area contributed by atoms with Crippen LogP contribution >= 0.6 is 0 Å². The maximum Gasteiger partial charge on any atom is 0.270 e. The third kappa shape index (κ3) is 2.09. The van der Waals surface area contributed by atoms with Gasteiger partial charge < -0.3 is 20.7 Å². The summed E-state index contributed by atoms with van der Waals surface area (Å²) in [7, 11) is 1.65. The predicted molar refractivity (Wildman–Crippen MR) is 66.8 cm³/mol. The van der Waals surface area contributed by atoms with Gasteiger partial charge in [-0.1, -0.05) is 12.1 Å². The van der Waals surface area contributed by atoms with E-state index in [0.29, 0.717) is 17.9 Å². The molecule has 0 atom stereocenters. The molecule has 0 aliphatic rings. The van der Waals surface area contributed by atoms with Crippen LogP contribution < -0.4 is 5.73 Å². The van der Waals surface area contributed by atoms with Gasteiger partial charge in [0.25, 0.3) is 5.91 Å². The fourth-order valence-corrected chi connectivity index (χ4v) is 1.75. The number of fused-ring (bicyclic) bond motifs is 1. The van der Waals surface area contributed by atoms with Crippen molar-refractivity contribution < 1.29 is 9.90 Å². The number of nitrogens with zero attached hydrogens (tertiary/aromatic N) is 1. The van der Waals surface area contributed by atoms with E-state index in [1.54, 1.807) is 19.2 Å². The van der Waals surface area contributed by atoms with Gasteiger partial charge in [0.2, 0.25) is 0 Å². The molecule has 0 spiro atoms. The molecular weight excluding hydrogens is 218 g/mol. The number of aromatic nitrogens is 1. The van der Waals surface area contributed by atoms with E-state index in [0.717, 1.165) is 10.9 Å². The molecule has 0 unspecified atom stereocenters. The van der Waals surface area contributed by atoms with Crippen molar-refractivity contribution in [1.82, 2.24) is 9.88 Å². The normalized spacial score (nSPS) is 10.7. The van der Waals surface area contributed by atoms with Crippen LogP contribution in [-0.2, 0) is 0 Å². The number of nitrogens with one attached hydrogen (secondary N) is 1. The molecule has 1 aromatic heterocycles. The van der Waals surface area contributed by atoms with Crippen molar-refractivity contribution in [3.8, 4) is 0 Å². The average Bonchev–Trinajstić information content (AvgIpc) is 2.73. The number of rotatable bonds is 3. The summed E-state index contributed by atoms with van der Waals surface area (Å²) in [5, 5.41) is 9.70. The summed E-state index contributed by atoms with van der Waals surface area (Å²) in [4.78, 5) is 16.4. The van der Waals surface area contributed by atoms with Crippen molar-refractivity contribution in [2.75, 3.05) is 25.9 Å². The van der Waals surface area contributed by atoms with Crippen LogP contribution in [0.25, 0.3) is 10.9 Å². The second kappa shape index (κ2) is 4.47. The fraction of sp³-hybridized carbons (Fsp3) is 0.250. The number of hydrogen-bond donors (Lipinski definition) is 3. The van der Waals surface area contributed by atoms with Gasteiger partial charge in [-0.2, -0.15) is 0 Å². The Morgan fingerprint density at radius 1 is 1.53 bits per heavy atom. The summed E-state index contributed by atoms with van der Waals surface area (Å²) >= 11 is 0. The minimum atomic E-state index is -0.158. The Hall–Kier alpha value is -2.01. The fourth-order valence-electron chi connectivity index (χ4n) is 1.75. The molecule has 0 aliphatic heterocycles. The number of para-hydroxylation sites is 1. The molecule has 2 aromatic rings. The molecule has 0 saturated heterocycles. The van der Waals surface area contributed by atoms with Crippen molar-refractivity contribution >= 4 is 22.5 Å². The Kier molecular flexibility index (Phi) is 3.01. The summed E-state index contributed by atoms with van der Waals surface area (Å²) in [6, 6.07) is 7.29. The SMILES string of the molecule is CN(CCO)C(=O)c1cc2cccc(N)c2[nH]1. The quantitative estimate of drug-likeness (QED) is 0.686. The highest BCUT2D eigenvalue weighted by Crippen LogP contribution is 2.21. The van der Waals surface area contributed by atoms with Crippen LogP contribution in [-0.4, -0.2) is 41.1 Å². The van der Waals surface area contributed by atoms with Gasteiger partial charge in [-0.3, -0.25) is 4.79 Å². The molecule has 5 heteroatoms. The number of likely N-dealkylation sites (N-methyl/N-ethyl adjacent to an activating group) is 1. The molecule has 17 heavy (non-hydrogen) atoms. The number of H-pyrrole nitrogens is 1. The van der Waals surface area contributed by atoms with Gasteiger partial charge in [0.05, 0.1) is 17.8 Å². The Morgan fingerprint density at radius 2 is 2.29 bits per heavy atom. The Morgan fingerprint density at radius 3 is 2.94 bits per heavy atom. The molecule has 0 aliphatic carbocycles. The number of amides is 1. The standard InChI is InChI=1S/C12H15N3O2/c1-15(5-6-16)12(17)10-7-8-3-2-4-9(13)11(8)14-10/h2-4,7,14,16H,5-6,13H2,1H3. The van der Waals surface area contributed by atoms with Gasteiger partial charge in [0.1, 0.15) is 5.69 Å². The van der Waals surface area contributed by atoms with Crippen LogP contribution in [0.4, 0.5) is 5.69 Å². The summed E-state index contributed by atoms with van der Waals surface area (Å²) in [6.07, 6.45) is 0. The monoisotopic (exact) mass is 233 g/mol. The zero-order chi connectivity index (χ0) is 12.4. The van der Waals surface area contributed by atoms with E-state index in [9.17, 15) is 4.79 Å². The molecule has 1 heterocycles. The number of anilines is 1. The predicted octanol–water partition coefficient (Wildman–Crippen LogP) is 0.814. The molecular formula is C12H15N3O2. The minimum absolute atomic E-state index is 0.0510. The smallest absolute Gasteiger partial charge is 0.270 e. The van der Waals surface area contributed by atoms with E-state index >= 15 is 0 Å². The first kappa shape index (κ1) is 11.5. The Labute approximate surface area is 98.8 Å². The topological polar surface area (TPSA) is 82.3 Å². The maximum absolute atomic E-state index is 12.0. The number of carbonyl (C=O) groups excluding carboxylic acids is 1. The first-order valence-corrected chi connectivity index (χ1v) is 5.37. The molecule has 2 rings (SSSR count). The third-order valence-electron chi connectivity index (χ3n) is 2.70. The van der Waals surface area contributed by atoms with Gasteiger partial charge in [0, 0.05) is 19.0 Å². The van der Waals surface area contributed by atoms with Crippen molar-refractivity contribution in [3.05, 3.63) is 30.0 Å². The molecule has 1 aromatic carbocycles. The van der Waals surface area contributed by atoms with E-state index in [1.165, 1.54) is 4.90 Å². The molecule has 0 bridgehead atoms. The largest absolute Gasteiger partial charge is 0.397 e. The number of nitrogens with two attached hydrogens (primary N) is 1. The number of nitrogen functional groups attached to an aromatic ring is 1. The number of aliphatic hydroxyl groups is 1. The first-order chi connectivity index (χ1) is 8.13. The lowest BCUT2D eigenvalue weighted by atomic mass is 10.2. The van der Waals surface area contributed by atoms with Crippen molar-refractivity contribution in [1.29, 1.82) is 0 Å². The maximum atomic E-state index is 12.0. The van der Waals surface area contributed by atoms with E-state index in [2.05, 4.69) is 4.98 Å². The highest BCUT2D eigenvalue weighted by molar-refractivity contribution is 6.00. The van der Waals surface area contributed by atoms with Crippen LogP contribution in [0.3, 0.4) is 0 Å². The van der Waals surface area contributed by atoms with E-state index in [4.69, 9.17) is 10.8 Å². The Bertz CT molecular complexity index is 548. The highest BCUT2D eigenvalue weighted by atomic mass is 16.3. The van der Waals surface area contributed by atoms with Crippen LogP contribution in [0.5, 0.6) is 0 Å². The second-order valence-corrected chi connectivity index (χ2v) is 3.94. The lowest BCUT2D eigenvalue weighted by Crippen LogP contribution is -2.29. The number of hydrogen-bond acceptors (Lipinski definition) is 3. The number of carbonyl (C=O) groups is 1. The molecule has 5 nitrogen and oxygen atoms in total. The number of aliphatic hydroxyl groups excluding tert-OH is 1. The van der Waals surface area contributed by atoms with Crippen LogP contribution in [0, 0.1) is 0 Å². The van der Waals surface area contributed by atoms with E-state index in [1.807, 2.05) is 12.1 Å². The zero-order valence-corrected chi connectivity index (χ0v) is 9.60. The summed E-state index contributed by atoms with van der Waals surface area (Å²) in [6.45, 7) is 0.258. The van der Waals surface area contributed by atoms with Crippen LogP contribution in [0.1, 0.15) is 10.5 Å². The molecule has 90 valence electrons. The van der Waals surface area contributed by atoms with Gasteiger partial charge in [-0.25, -0.2) is 0 Å². The number of aromatic amines is 1. The summed E-state index contributed by atoms with van der Waals surface area (Å²) in [5.41, 5.74) is 7.68. The van der Waals surface area contributed by atoms with Crippen LogP contribution in [0.15, 0.2) is 24.3 Å². The molecule has 4 N–H and O–H groups in total. The summed E-state index contributed by atoms with van der Waals surface area (Å²) in [5.74, 6) is -0.158. The Balaban J connectivity index is 2.37. The van der Waals surface area contributed by atoms with Crippen molar-refractivity contribution in [3.63, 3.8) is 0 Å². The lowest BCUT2D eigenvalue weighted by molar-refractivity contribution is 0.0762. The lowest BCUT2D eigenvalue weighted by Gasteiger charge is -2.14. The zero-order valence-electron chi connectivity index (χ0n) is 9.60. The van der Waals surface area contributed by atoms with Gasteiger partial charge in [-0.15, -0.1) is 0 Å². The van der Waals surface area contributed by atoms with E-state index in [-0.39, 0.29) is 12.5 Å². The third-order valence-corrected chi connectivity index (χ3v) is 2.70. The van der Waals surface area contributed by atoms with Crippen molar-refractivity contribution in [2.24, 2.45) is 0 Å². The first-order valence-electron chi connectivity index (χ1n) is 5.37. The van der Waals surface area contributed by atoms with Crippen LogP contribution in [0.2, 0.25) is 0 Å². The van der Waals surface area contributed by atoms with Gasteiger partial charge in [0.15, 0.2) is 0 Å². The molecule has 0 saturated carbocycles. The molecule has 0 radical (unpaired) electrons. The molecule has 0 fully saturated rings. The average molecular weight is 233 g/mol. The highest BCUT2D eigenvalue weighted by Gasteiger charge is 2.14. The molecule has 1 amide bonds. The van der Waals surface area contributed by atoms with E-state index < -0.39 is 0 Å². The second-order valence-electron chi connectivity index (χ2n) is 3.94. The van der Waals surface area contributed by atoms with Gasteiger partial charge in [-0.05, 0) is 12.1 Å². The minimum Gasteiger partial charge on any atom is -0.397 e.